The molecule has 0 spiro atoms. The van der Waals surface area contributed by atoms with Gasteiger partial charge in [-0.1, -0.05) is 19.1 Å². The zero-order valence-electron chi connectivity index (χ0n) is 11.1. The number of aryl methyl sites for hydroxylation is 1. The Hall–Kier alpha value is -1.06. The summed E-state index contributed by atoms with van der Waals surface area (Å²) in [6.07, 6.45) is 1.67. The predicted octanol–water partition coefficient (Wildman–Crippen LogP) is 3.58. The minimum Gasteiger partial charge on any atom is -0.388 e. The second-order valence-electron chi connectivity index (χ2n) is 4.78. The van der Waals surface area contributed by atoms with Crippen LogP contribution in [0.25, 0.3) is 10.9 Å². The Labute approximate surface area is 112 Å². The number of aromatic nitrogens is 1. The standard InChI is InChI=1S/C15H19NOS/c1-10(9-18-3)15(17)13-6-7-14-12(8-13)5-4-11(2)16-14/h4-8,10,15,17H,9H2,1-3H3. The second-order valence-corrected chi connectivity index (χ2v) is 5.69. The van der Waals surface area contributed by atoms with E-state index in [9.17, 15) is 5.11 Å². The molecule has 0 saturated carbocycles. The van der Waals surface area contributed by atoms with Gasteiger partial charge in [0.15, 0.2) is 0 Å². The number of aliphatic hydroxyl groups excluding tert-OH is 1. The van der Waals surface area contributed by atoms with Crippen LogP contribution in [0.15, 0.2) is 30.3 Å². The number of thioether (sulfide) groups is 1. The van der Waals surface area contributed by atoms with Crippen molar-refractivity contribution < 1.29 is 5.11 Å². The SMILES string of the molecule is CSCC(C)C(O)c1ccc2nc(C)ccc2c1. The van der Waals surface area contributed by atoms with Crippen LogP contribution < -0.4 is 0 Å². The highest BCUT2D eigenvalue weighted by Gasteiger charge is 2.16. The van der Waals surface area contributed by atoms with Gasteiger partial charge < -0.3 is 5.11 Å². The average Bonchev–Trinajstić information content (AvgIpc) is 2.37. The molecular weight excluding hydrogens is 242 g/mol. The van der Waals surface area contributed by atoms with Gasteiger partial charge in [-0.3, -0.25) is 4.98 Å². The molecule has 2 rings (SSSR count). The molecule has 3 heteroatoms. The summed E-state index contributed by atoms with van der Waals surface area (Å²) in [4.78, 5) is 4.47. The van der Waals surface area contributed by atoms with E-state index >= 15 is 0 Å². The Bertz CT molecular complexity index is 541. The summed E-state index contributed by atoms with van der Waals surface area (Å²) in [6.45, 7) is 4.07. The average molecular weight is 261 g/mol. The lowest BCUT2D eigenvalue weighted by Gasteiger charge is -2.18. The van der Waals surface area contributed by atoms with Gasteiger partial charge in [0.2, 0.25) is 0 Å². The van der Waals surface area contributed by atoms with Gasteiger partial charge in [-0.15, -0.1) is 0 Å². The van der Waals surface area contributed by atoms with Crippen LogP contribution in [0.5, 0.6) is 0 Å². The lowest BCUT2D eigenvalue weighted by molar-refractivity contribution is 0.129. The van der Waals surface area contributed by atoms with Crippen molar-refractivity contribution in [3.63, 3.8) is 0 Å². The molecule has 0 fully saturated rings. The second kappa shape index (κ2) is 5.72. The van der Waals surface area contributed by atoms with Crippen molar-refractivity contribution in [2.75, 3.05) is 12.0 Å². The normalized spacial score (nSPS) is 14.7. The largest absolute Gasteiger partial charge is 0.388 e. The summed E-state index contributed by atoms with van der Waals surface area (Å²) < 4.78 is 0. The third kappa shape index (κ3) is 2.85. The molecular formula is C15H19NOS. The maximum absolute atomic E-state index is 10.3. The van der Waals surface area contributed by atoms with Crippen molar-refractivity contribution in [3.8, 4) is 0 Å². The summed E-state index contributed by atoms with van der Waals surface area (Å²) in [6, 6.07) is 10.1. The maximum atomic E-state index is 10.3. The van der Waals surface area contributed by atoms with E-state index in [0.29, 0.717) is 0 Å². The Balaban J connectivity index is 2.32. The van der Waals surface area contributed by atoms with Gasteiger partial charge in [-0.05, 0) is 48.6 Å². The Morgan fingerprint density at radius 3 is 2.78 bits per heavy atom. The molecule has 0 amide bonds. The van der Waals surface area contributed by atoms with Crippen LogP contribution in [-0.4, -0.2) is 22.1 Å². The molecule has 2 nitrogen and oxygen atoms in total. The molecule has 1 aromatic carbocycles. The number of aliphatic hydroxyl groups is 1. The summed E-state index contributed by atoms with van der Waals surface area (Å²) >= 11 is 1.77. The van der Waals surface area contributed by atoms with E-state index in [0.717, 1.165) is 27.9 Å². The van der Waals surface area contributed by atoms with Crippen molar-refractivity contribution in [2.45, 2.75) is 20.0 Å². The number of fused-ring (bicyclic) bond motifs is 1. The van der Waals surface area contributed by atoms with Gasteiger partial charge in [0.25, 0.3) is 0 Å². The fourth-order valence-corrected chi connectivity index (χ4v) is 2.82. The molecule has 0 radical (unpaired) electrons. The highest BCUT2D eigenvalue weighted by molar-refractivity contribution is 7.98. The van der Waals surface area contributed by atoms with Gasteiger partial charge >= 0.3 is 0 Å². The van der Waals surface area contributed by atoms with Crippen LogP contribution in [-0.2, 0) is 0 Å². The first-order valence-electron chi connectivity index (χ1n) is 6.16. The van der Waals surface area contributed by atoms with E-state index in [2.05, 4.69) is 24.2 Å². The van der Waals surface area contributed by atoms with Gasteiger partial charge in [0.1, 0.15) is 0 Å². The van der Waals surface area contributed by atoms with Crippen molar-refractivity contribution in [2.24, 2.45) is 5.92 Å². The van der Waals surface area contributed by atoms with Gasteiger partial charge in [0.05, 0.1) is 11.6 Å². The fraction of sp³-hybridized carbons (Fsp3) is 0.400. The third-order valence-corrected chi connectivity index (χ3v) is 4.02. The number of rotatable bonds is 4. The number of pyridine rings is 1. The zero-order valence-corrected chi connectivity index (χ0v) is 11.9. The monoisotopic (exact) mass is 261 g/mol. The summed E-state index contributed by atoms with van der Waals surface area (Å²) in [7, 11) is 0. The lowest BCUT2D eigenvalue weighted by atomic mass is 9.97. The van der Waals surface area contributed by atoms with E-state index in [1.807, 2.05) is 31.2 Å². The van der Waals surface area contributed by atoms with Crippen LogP contribution in [0.2, 0.25) is 0 Å². The molecule has 96 valence electrons. The summed E-state index contributed by atoms with van der Waals surface area (Å²) in [5.74, 6) is 1.22. The molecule has 1 aromatic heterocycles. The molecule has 0 saturated heterocycles. The first-order chi connectivity index (χ1) is 8.61. The molecule has 2 unspecified atom stereocenters. The number of nitrogens with zero attached hydrogens (tertiary/aromatic N) is 1. The van der Waals surface area contributed by atoms with Gasteiger partial charge in [-0.2, -0.15) is 11.8 Å². The number of hydrogen-bond acceptors (Lipinski definition) is 3. The molecule has 0 aliphatic carbocycles. The topological polar surface area (TPSA) is 33.1 Å². The van der Waals surface area contributed by atoms with E-state index < -0.39 is 6.10 Å². The molecule has 18 heavy (non-hydrogen) atoms. The predicted molar refractivity (Wildman–Crippen MR) is 79.0 cm³/mol. The number of benzene rings is 1. The summed E-state index contributed by atoms with van der Waals surface area (Å²) in [5, 5.41) is 11.4. The van der Waals surface area contributed by atoms with Gasteiger partial charge in [-0.25, -0.2) is 0 Å². The van der Waals surface area contributed by atoms with E-state index in [1.54, 1.807) is 11.8 Å². The minimum atomic E-state index is -0.400. The quantitative estimate of drug-likeness (QED) is 0.913. The maximum Gasteiger partial charge on any atom is 0.0823 e. The molecule has 2 atom stereocenters. The van der Waals surface area contributed by atoms with Crippen LogP contribution in [0.1, 0.15) is 24.3 Å². The highest BCUT2D eigenvalue weighted by Crippen LogP contribution is 2.26. The summed E-state index contributed by atoms with van der Waals surface area (Å²) in [5.41, 5.74) is 2.99. The van der Waals surface area contributed by atoms with E-state index in [-0.39, 0.29) is 5.92 Å². The lowest BCUT2D eigenvalue weighted by Crippen LogP contribution is -2.11. The molecule has 0 aliphatic rings. The van der Waals surface area contributed by atoms with Crippen molar-refractivity contribution in [3.05, 3.63) is 41.6 Å². The van der Waals surface area contributed by atoms with Crippen LogP contribution in [0.3, 0.4) is 0 Å². The molecule has 0 aliphatic heterocycles. The Morgan fingerprint density at radius 2 is 2.06 bits per heavy atom. The first-order valence-corrected chi connectivity index (χ1v) is 7.55. The van der Waals surface area contributed by atoms with Crippen LogP contribution >= 0.6 is 11.8 Å². The molecule has 2 aromatic rings. The van der Waals surface area contributed by atoms with Crippen LogP contribution in [0.4, 0.5) is 0 Å². The molecule has 1 heterocycles. The van der Waals surface area contributed by atoms with Crippen LogP contribution in [0, 0.1) is 12.8 Å². The molecule has 0 bridgehead atoms. The molecule has 1 N–H and O–H groups in total. The smallest absolute Gasteiger partial charge is 0.0823 e. The van der Waals surface area contributed by atoms with Crippen molar-refractivity contribution in [1.82, 2.24) is 4.98 Å². The first kappa shape index (κ1) is 13.4. The van der Waals surface area contributed by atoms with Crippen molar-refractivity contribution in [1.29, 1.82) is 0 Å². The van der Waals surface area contributed by atoms with Gasteiger partial charge in [0, 0.05) is 11.1 Å². The fourth-order valence-electron chi connectivity index (χ4n) is 2.11. The van der Waals surface area contributed by atoms with E-state index in [1.165, 1.54) is 0 Å². The zero-order chi connectivity index (χ0) is 13.1. The van der Waals surface area contributed by atoms with E-state index in [4.69, 9.17) is 0 Å². The third-order valence-electron chi connectivity index (χ3n) is 3.16. The Morgan fingerprint density at radius 1 is 1.28 bits per heavy atom. The minimum absolute atomic E-state index is 0.260. The highest BCUT2D eigenvalue weighted by atomic mass is 32.2. The Kier molecular flexibility index (Phi) is 4.25. The van der Waals surface area contributed by atoms with Crippen molar-refractivity contribution >= 4 is 22.7 Å². The number of hydrogen-bond donors (Lipinski definition) is 1.